The largest absolute Gasteiger partial charge is 0.462 e. The Morgan fingerprint density at radius 3 is 2.70 bits per heavy atom. The third-order valence-corrected chi connectivity index (χ3v) is 4.71. The van der Waals surface area contributed by atoms with Gasteiger partial charge in [-0.2, -0.15) is 0 Å². The molecule has 0 amide bonds. The van der Waals surface area contributed by atoms with Gasteiger partial charge in [-0.25, -0.2) is 0 Å². The zero-order valence-electron chi connectivity index (χ0n) is 13.6. The molecule has 1 saturated carbocycles. The zero-order valence-corrected chi connectivity index (χ0v) is 13.6. The molecule has 0 spiro atoms. The number of furan rings is 1. The number of fused-ring (bicyclic) bond motifs is 1. The Morgan fingerprint density at radius 2 is 1.96 bits per heavy atom. The Labute approximate surface area is 137 Å². The lowest BCUT2D eigenvalue weighted by Crippen LogP contribution is -2.03. The standard InChI is InChI=1S/C21H23NO/c1-2-3-12-22-20-19(15-7-5-4-6-8-15)14-18(16-9-10-16)17-11-13-23-21(17)20/h4-8,11,13-14,16,22H,2-3,9-10,12H2,1H3. The lowest BCUT2D eigenvalue weighted by Gasteiger charge is -2.15. The highest BCUT2D eigenvalue weighted by Crippen LogP contribution is 2.47. The molecule has 1 aliphatic rings. The molecule has 23 heavy (non-hydrogen) atoms. The molecular formula is C21H23NO. The van der Waals surface area contributed by atoms with Crippen molar-refractivity contribution < 1.29 is 4.42 Å². The third kappa shape index (κ3) is 2.74. The summed E-state index contributed by atoms with van der Waals surface area (Å²) in [6, 6.07) is 15.2. The molecule has 1 N–H and O–H groups in total. The van der Waals surface area contributed by atoms with Crippen molar-refractivity contribution in [2.45, 2.75) is 38.5 Å². The van der Waals surface area contributed by atoms with E-state index >= 15 is 0 Å². The van der Waals surface area contributed by atoms with Crippen molar-refractivity contribution in [1.29, 1.82) is 0 Å². The van der Waals surface area contributed by atoms with Crippen LogP contribution in [-0.2, 0) is 0 Å². The maximum Gasteiger partial charge on any atom is 0.157 e. The molecule has 0 atom stereocenters. The van der Waals surface area contributed by atoms with Gasteiger partial charge in [-0.1, -0.05) is 43.7 Å². The van der Waals surface area contributed by atoms with Crippen molar-refractivity contribution in [1.82, 2.24) is 0 Å². The molecule has 1 fully saturated rings. The predicted octanol–water partition coefficient (Wildman–Crippen LogP) is 6.19. The molecule has 1 aromatic heterocycles. The Kier molecular flexibility index (Phi) is 3.82. The molecular weight excluding hydrogens is 282 g/mol. The van der Waals surface area contributed by atoms with E-state index in [1.165, 1.54) is 47.8 Å². The van der Waals surface area contributed by atoms with Crippen molar-refractivity contribution >= 4 is 16.7 Å². The second-order valence-corrected chi connectivity index (χ2v) is 6.47. The van der Waals surface area contributed by atoms with Gasteiger partial charge < -0.3 is 9.73 Å². The lowest BCUT2D eigenvalue weighted by atomic mass is 9.96. The number of rotatable bonds is 6. The van der Waals surface area contributed by atoms with Crippen LogP contribution >= 0.6 is 0 Å². The van der Waals surface area contributed by atoms with Gasteiger partial charge in [0.15, 0.2) is 5.58 Å². The number of nitrogens with one attached hydrogen (secondary N) is 1. The molecule has 1 aliphatic carbocycles. The van der Waals surface area contributed by atoms with Crippen molar-refractivity contribution in [2.24, 2.45) is 0 Å². The normalized spacial score (nSPS) is 14.3. The predicted molar refractivity (Wildman–Crippen MR) is 97.0 cm³/mol. The second-order valence-electron chi connectivity index (χ2n) is 6.47. The number of benzene rings is 2. The van der Waals surface area contributed by atoms with Crippen molar-refractivity contribution in [3.63, 3.8) is 0 Å². The van der Waals surface area contributed by atoms with Crippen LogP contribution in [0.4, 0.5) is 5.69 Å². The molecule has 0 aliphatic heterocycles. The number of anilines is 1. The fourth-order valence-corrected chi connectivity index (χ4v) is 3.30. The Bertz CT molecular complexity index is 799. The van der Waals surface area contributed by atoms with E-state index in [1.54, 1.807) is 0 Å². The van der Waals surface area contributed by atoms with Gasteiger partial charge in [-0.05, 0) is 48.4 Å². The molecule has 1 heterocycles. The first-order valence-electron chi connectivity index (χ1n) is 8.72. The van der Waals surface area contributed by atoms with Gasteiger partial charge in [0.2, 0.25) is 0 Å². The van der Waals surface area contributed by atoms with E-state index in [1.807, 2.05) is 6.26 Å². The molecule has 118 valence electrons. The fourth-order valence-electron chi connectivity index (χ4n) is 3.30. The molecule has 0 saturated heterocycles. The van der Waals surface area contributed by atoms with Crippen LogP contribution in [0.2, 0.25) is 0 Å². The summed E-state index contributed by atoms with van der Waals surface area (Å²) in [5.74, 6) is 0.710. The van der Waals surface area contributed by atoms with Crippen molar-refractivity contribution in [3.05, 3.63) is 54.3 Å². The van der Waals surface area contributed by atoms with Crippen LogP contribution in [-0.4, -0.2) is 6.54 Å². The van der Waals surface area contributed by atoms with Crippen LogP contribution < -0.4 is 5.32 Å². The first kappa shape index (κ1) is 14.4. The van der Waals surface area contributed by atoms with E-state index in [4.69, 9.17) is 4.42 Å². The summed E-state index contributed by atoms with van der Waals surface area (Å²) in [5, 5.41) is 4.92. The highest BCUT2D eigenvalue weighted by atomic mass is 16.3. The van der Waals surface area contributed by atoms with Crippen LogP contribution in [0.15, 0.2) is 53.1 Å². The van der Waals surface area contributed by atoms with Gasteiger partial charge in [-0.3, -0.25) is 0 Å². The van der Waals surface area contributed by atoms with E-state index in [0.717, 1.165) is 17.8 Å². The first-order valence-corrected chi connectivity index (χ1v) is 8.72. The maximum absolute atomic E-state index is 5.90. The average Bonchev–Trinajstić information content (AvgIpc) is 3.32. The van der Waals surface area contributed by atoms with E-state index in [9.17, 15) is 0 Å². The summed E-state index contributed by atoms with van der Waals surface area (Å²) in [6.45, 7) is 3.20. The fraction of sp³-hybridized carbons (Fsp3) is 0.333. The molecule has 4 rings (SSSR count). The van der Waals surface area contributed by atoms with E-state index in [0.29, 0.717) is 5.92 Å². The minimum Gasteiger partial charge on any atom is -0.462 e. The zero-order chi connectivity index (χ0) is 15.6. The molecule has 0 radical (unpaired) electrons. The number of hydrogen-bond donors (Lipinski definition) is 1. The molecule has 2 nitrogen and oxygen atoms in total. The second kappa shape index (κ2) is 6.11. The van der Waals surface area contributed by atoms with E-state index in [2.05, 4.69) is 54.7 Å². The lowest BCUT2D eigenvalue weighted by molar-refractivity contribution is 0.616. The van der Waals surface area contributed by atoms with Gasteiger partial charge in [0.05, 0.1) is 12.0 Å². The maximum atomic E-state index is 5.90. The molecule has 0 bridgehead atoms. The smallest absolute Gasteiger partial charge is 0.157 e. The molecule has 2 aromatic carbocycles. The highest BCUT2D eigenvalue weighted by molar-refractivity contribution is 6.00. The van der Waals surface area contributed by atoms with Gasteiger partial charge in [0.1, 0.15) is 0 Å². The molecule has 0 unspecified atom stereocenters. The minimum absolute atomic E-state index is 0.710. The summed E-state index contributed by atoms with van der Waals surface area (Å²) in [5.41, 5.74) is 6.14. The topological polar surface area (TPSA) is 25.2 Å². The van der Waals surface area contributed by atoms with Crippen molar-refractivity contribution in [3.8, 4) is 11.1 Å². The minimum atomic E-state index is 0.710. The summed E-state index contributed by atoms with van der Waals surface area (Å²) in [4.78, 5) is 0. The number of unbranched alkanes of at least 4 members (excludes halogenated alkanes) is 1. The van der Waals surface area contributed by atoms with Crippen LogP contribution in [0.3, 0.4) is 0 Å². The molecule has 3 aromatic rings. The van der Waals surface area contributed by atoms with Crippen LogP contribution in [0.25, 0.3) is 22.1 Å². The Morgan fingerprint density at radius 1 is 1.13 bits per heavy atom. The highest BCUT2D eigenvalue weighted by Gasteiger charge is 2.28. The van der Waals surface area contributed by atoms with Gasteiger partial charge in [-0.15, -0.1) is 0 Å². The summed E-state index contributed by atoms with van der Waals surface area (Å²) >= 11 is 0. The summed E-state index contributed by atoms with van der Waals surface area (Å²) in [7, 11) is 0. The number of hydrogen-bond acceptors (Lipinski definition) is 2. The van der Waals surface area contributed by atoms with Crippen LogP contribution in [0.1, 0.15) is 44.1 Å². The van der Waals surface area contributed by atoms with Crippen molar-refractivity contribution in [2.75, 3.05) is 11.9 Å². The van der Waals surface area contributed by atoms with Gasteiger partial charge in [0, 0.05) is 17.5 Å². The quantitative estimate of drug-likeness (QED) is 0.549. The summed E-state index contributed by atoms with van der Waals surface area (Å²) in [6.07, 6.45) is 6.79. The average molecular weight is 305 g/mol. The van der Waals surface area contributed by atoms with E-state index in [-0.39, 0.29) is 0 Å². The van der Waals surface area contributed by atoms with Crippen LogP contribution in [0.5, 0.6) is 0 Å². The Balaban J connectivity index is 1.88. The first-order chi connectivity index (χ1) is 11.4. The monoisotopic (exact) mass is 305 g/mol. The SMILES string of the molecule is CCCCNc1c(-c2ccccc2)cc(C2CC2)c2ccoc12. The van der Waals surface area contributed by atoms with Crippen LogP contribution in [0, 0.1) is 0 Å². The molecule has 2 heteroatoms. The summed E-state index contributed by atoms with van der Waals surface area (Å²) < 4.78 is 5.90. The van der Waals surface area contributed by atoms with Gasteiger partial charge in [0.25, 0.3) is 0 Å². The van der Waals surface area contributed by atoms with Gasteiger partial charge >= 0.3 is 0 Å². The Hall–Kier alpha value is -2.22. The third-order valence-electron chi connectivity index (χ3n) is 4.71. The van der Waals surface area contributed by atoms with E-state index < -0.39 is 0 Å².